The molecule has 0 radical (unpaired) electrons. The van der Waals surface area contributed by atoms with Crippen molar-refractivity contribution in [2.75, 3.05) is 6.79 Å². The van der Waals surface area contributed by atoms with Crippen molar-refractivity contribution in [3.8, 4) is 11.5 Å². The topological polar surface area (TPSA) is 18.5 Å². The zero-order valence-corrected chi connectivity index (χ0v) is 9.29. The number of hydrogen-bond acceptors (Lipinski definition) is 2. The minimum atomic E-state index is 0.360. The van der Waals surface area contributed by atoms with Gasteiger partial charge in [0.25, 0.3) is 0 Å². The van der Waals surface area contributed by atoms with Gasteiger partial charge in [-0.3, -0.25) is 0 Å². The Morgan fingerprint density at radius 1 is 0.867 bits per heavy atom. The third-order valence-electron chi connectivity index (χ3n) is 2.78. The zero-order chi connectivity index (χ0) is 10.5. The third-order valence-corrected chi connectivity index (χ3v) is 2.78. The Balaban J connectivity index is 0.000000144. The summed E-state index contributed by atoms with van der Waals surface area (Å²) in [5, 5.41) is 0. The zero-order valence-electron chi connectivity index (χ0n) is 9.29. The molecule has 0 saturated heterocycles. The Morgan fingerprint density at radius 3 is 2.13 bits per heavy atom. The predicted octanol–water partition coefficient (Wildman–Crippen LogP) is 3.67. The molecule has 2 nitrogen and oxygen atoms in total. The van der Waals surface area contributed by atoms with Crippen LogP contribution < -0.4 is 9.47 Å². The first-order valence-corrected chi connectivity index (χ1v) is 5.72. The van der Waals surface area contributed by atoms with E-state index >= 15 is 0 Å². The highest BCUT2D eigenvalue weighted by atomic mass is 16.7. The molecule has 0 aromatic heterocycles. The molecule has 2 aliphatic rings. The van der Waals surface area contributed by atoms with Crippen molar-refractivity contribution in [1.82, 2.24) is 0 Å². The fourth-order valence-electron chi connectivity index (χ4n) is 1.89. The number of aryl methyl sites for hydroxylation is 1. The normalized spacial score (nSPS) is 17.1. The highest BCUT2D eigenvalue weighted by molar-refractivity contribution is 5.43. The van der Waals surface area contributed by atoms with Gasteiger partial charge in [-0.05, 0) is 24.6 Å². The van der Waals surface area contributed by atoms with E-state index in [-0.39, 0.29) is 0 Å². The Morgan fingerprint density at radius 2 is 1.47 bits per heavy atom. The van der Waals surface area contributed by atoms with Gasteiger partial charge in [0.05, 0.1) is 0 Å². The average molecular weight is 206 g/mol. The van der Waals surface area contributed by atoms with E-state index in [0.29, 0.717) is 6.79 Å². The van der Waals surface area contributed by atoms with Gasteiger partial charge in [0.2, 0.25) is 6.79 Å². The molecule has 0 unspecified atom stereocenters. The van der Waals surface area contributed by atoms with Crippen molar-refractivity contribution in [1.29, 1.82) is 0 Å². The SMILES string of the molecule is C1CCCC1.Cc1ccc2c(c1)OCO2. The molecule has 82 valence electrons. The second kappa shape index (κ2) is 5.06. The van der Waals surface area contributed by atoms with Gasteiger partial charge in [0, 0.05) is 0 Å². The molecule has 15 heavy (non-hydrogen) atoms. The summed E-state index contributed by atoms with van der Waals surface area (Å²) < 4.78 is 10.3. The molecule has 1 aliphatic heterocycles. The van der Waals surface area contributed by atoms with Gasteiger partial charge < -0.3 is 9.47 Å². The summed E-state index contributed by atoms with van der Waals surface area (Å²) in [5.74, 6) is 1.71. The Bertz CT molecular complexity index is 309. The maximum atomic E-state index is 5.16. The number of hydrogen-bond donors (Lipinski definition) is 0. The van der Waals surface area contributed by atoms with Gasteiger partial charge in [-0.1, -0.05) is 38.2 Å². The number of rotatable bonds is 0. The van der Waals surface area contributed by atoms with Gasteiger partial charge in [0.15, 0.2) is 11.5 Å². The van der Waals surface area contributed by atoms with E-state index in [4.69, 9.17) is 9.47 Å². The second-order valence-corrected chi connectivity index (χ2v) is 4.12. The van der Waals surface area contributed by atoms with Gasteiger partial charge in [-0.25, -0.2) is 0 Å². The van der Waals surface area contributed by atoms with Crippen molar-refractivity contribution in [2.45, 2.75) is 39.0 Å². The Hall–Kier alpha value is -1.18. The van der Waals surface area contributed by atoms with Crippen LogP contribution in [0.3, 0.4) is 0 Å². The number of ether oxygens (including phenoxy) is 2. The smallest absolute Gasteiger partial charge is 0.231 e. The van der Waals surface area contributed by atoms with Crippen molar-refractivity contribution in [3.05, 3.63) is 23.8 Å². The first kappa shape index (κ1) is 10.3. The predicted molar refractivity (Wildman–Crippen MR) is 60.4 cm³/mol. The van der Waals surface area contributed by atoms with E-state index in [2.05, 4.69) is 0 Å². The molecule has 0 atom stereocenters. The fraction of sp³-hybridized carbons (Fsp3) is 0.538. The third kappa shape index (κ3) is 2.88. The van der Waals surface area contributed by atoms with Crippen LogP contribution in [0, 0.1) is 6.92 Å². The van der Waals surface area contributed by atoms with Gasteiger partial charge in [-0.2, -0.15) is 0 Å². The largest absolute Gasteiger partial charge is 0.454 e. The summed E-state index contributed by atoms with van der Waals surface area (Å²) in [6.45, 7) is 2.39. The van der Waals surface area contributed by atoms with E-state index in [1.54, 1.807) is 0 Å². The summed E-state index contributed by atoms with van der Waals surface area (Å²) in [6, 6.07) is 5.91. The lowest BCUT2D eigenvalue weighted by molar-refractivity contribution is 0.174. The second-order valence-electron chi connectivity index (χ2n) is 4.12. The molecule has 3 rings (SSSR count). The number of benzene rings is 1. The molecule has 0 amide bonds. The van der Waals surface area contributed by atoms with E-state index in [1.165, 1.54) is 37.7 Å². The molecule has 1 aliphatic carbocycles. The molecule has 0 spiro atoms. The lowest BCUT2D eigenvalue weighted by Crippen LogP contribution is -1.92. The van der Waals surface area contributed by atoms with E-state index in [0.717, 1.165) is 11.5 Å². The van der Waals surface area contributed by atoms with Gasteiger partial charge in [0.1, 0.15) is 0 Å². The molecule has 1 heterocycles. The first-order chi connectivity index (χ1) is 7.36. The molecule has 1 aromatic carbocycles. The highest BCUT2D eigenvalue weighted by Gasteiger charge is 2.11. The van der Waals surface area contributed by atoms with Crippen LogP contribution in [-0.2, 0) is 0 Å². The van der Waals surface area contributed by atoms with Crippen LogP contribution in [0.2, 0.25) is 0 Å². The van der Waals surface area contributed by atoms with Crippen LogP contribution in [0.4, 0.5) is 0 Å². The van der Waals surface area contributed by atoms with Crippen molar-refractivity contribution >= 4 is 0 Å². The van der Waals surface area contributed by atoms with E-state index in [1.807, 2.05) is 25.1 Å². The fourth-order valence-corrected chi connectivity index (χ4v) is 1.89. The Labute approximate surface area is 91.2 Å². The molecular weight excluding hydrogens is 188 g/mol. The summed E-state index contributed by atoms with van der Waals surface area (Å²) >= 11 is 0. The summed E-state index contributed by atoms with van der Waals surface area (Å²) in [6.07, 6.45) is 7.50. The lowest BCUT2D eigenvalue weighted by atomic mass is 10.2. The molecule has 1 aromatic rings. The van der Waals surface area contributed by atoms with Crippen LogP contribution in [0.5, 0.6) is 11.5 Å². The average Bonchev–Trinajstić information content (AvgIpc) is 2.91. The quantitative estimate of drug-likeness (QED) is 0.644. The van der Waals surface area contributed by atoms with Gasteiger partial charge >= 0.3 is 0 Å². The highest BCUT2D eigenvalue weighted by Crippen LogP contribution is 2.31. The summed E-state index contributed by atoms with van der Waals surface area (Å²) in [5.41, 5.74) is 1.20. The maximum absolute atomic E-state index is 5.16. The number of fused-ring (bicyclic) bond motifs is 1. The molecule has 1 saturated carbocycles. The van der Waals surface area contributed by atoms with Crippen molar-refractivity contribution < 1.29 is 9.47 Å². The molecule has 1 fully saturated rings. The van der Waals surface area contributed by atoms with Crippen molar-refractivity contribution in [3.63, 3.8) is 0 Å². The maximum Gasteiger partial charge on any atom is 0.231 e. The molecule has 0 bridgehead atoms. The summed E-state index contributed by atoms with van der Waals surface area (Å²) in [7, 11) is 0. The molecule has 0 N–H and O–H groups in total. The van der Waals surface area contributed by atoms with E-state index in [9.17, 15) is 0 Å². The monoisotopic (exact) mass is 206 g/mol. The molecular formula is C13H18O2. The van der Waals surface area contributed by atoms with Crippen LogP contribution in [-0.4, -0.2) is 6.79 Å². The molecule has 2 heteroatoms. The van der Waals surface area contributed by atoms with Crippen LogP contribution in [0.1, 0.15) is 37.7 Å². The minimum absolute atomic E-state index is 0.360. The summed E-state index contributed by atoms with van der Waals surface area (Å²) in [4.78, 5) is 0. The van der Waals surface area contributed by atoms with Gasteiger partial charge in [-0.15, -0.1) is 0 Å². The minimum Gasteiger partial charge on any atom is -0.454 e. The van der Waals surface area contributed by atoms with Crippen molar-refractivity contribution in [2.24, 2.45) is 0 Å². The van der Waals surface area contributed by atoms with Crippen LogP contribution in [0.15, 0.2) is 18.2 Å². The Kier molecular flexibility index (Phi) is 3.49. The van der Waals surface area contributed by atoms with E-state index < -0.39 is 0 Å². The first-order valence-electron chi connectivity index (χ1n) is 5.72. The van der Waals surface area contributed by atoms with Crippen LogP contribution >= 0.6 is 0 Å². The standard InChI is InChI=1S/C8H8O2.C5H10/c1-6-2-3-7-8(4-6)10-5-9-7;1-2-4-5-3-1/h2-4H,5H2,1H3;1-5H2. The van der Waals surface area contributed by atoms with Crippen LogP contribution in [0.25, 0.3) is 0 Å². The lowest BCUT2D eigenvalue weighted by Gasteiger charge is -1.94.